The zero-order valence-corrected chi connectivity index (χ0v) is 8.99. The highest BCUT2D eigenvalue weighted by atomic mass is 32.2. The Kier molecular flexibility index (Phi) is 2.98. The molecular formula is C6H13NO4S2. The number of sulfonamides is 1. The minimum atomic E-state index is -3.26. The Labute approximate surface area is 78.5 Å². The monoisotopic (exact) mass is 227 g/mol. The van der Waals surface area contributed by atoms with E-state index in [0.29, 0.717) is 6.42 Å². The molecule has 0 amide bonds. The molecule has 1 heterocycles. The molecular weight excluding hydrogens is 214 g/mol. The molecule has 5 nitrogen and oxygen atoms in total. The molecule has 1 rings (SSSR count). The van der Waals surface area contributed by atoms with Crippen LogP contribution in [0.3, 0.4) is 0 Å². The lowest BCUT2D eigenvalue weighted by atomic mass is 10.4. The van der Waals surface area contributed by atoms with Gasteiger partial charge in [0, 0.05) is 6.04 Å². The molecule has 0 aromatic carbocycles. The van der Waals surface area contributed by atoms with Crippen molar-refractivity contribution in [1.29, 1.82) is 0 Å². The highest BCUT2D eigenvalue weighted by Crippen LogP contribution is 2.11. The Morgan fingerprint density at radius 1 is 1.38 bits per heavy atom. The zero-order chi connectivity index (χ0) is 10.1. The van der Waals surface area contributed by atoms with E-state index < -0.39 is 25.9 Å². The summed E-state index contributed by atoms with van der Waals surface area (Å²) in [5.74, 6) is -0.0601. The first kappa shape index (κ1) is 10.9. The number of hydrogen-bond donors (Lipinski definition) is 1. The lowest BCUT2D eigenvalue weighted by Gasteiger charge is -2.26. The molecule has 0 radical (unpaired) electrons. The van der Waals surface area contributed by atoms with Gasteiger partial charge in [0.25, 0.3) is 0 Å². The van der Waals surface area contributed by atoms with Crippen LogP contribution < -0.4 is 4.72 Å². The van der Waals surface area contributed by atoms with Gasteiger partial charge in [-0.15, -0.1) is 0 Å². The van der Waals surface area contributed by atoms with Gasteiger partial charge in [-0.25, -0.2) is 21.6 Å². The molecule has 1 aliphatic heterocycles. The van der Waals surface area contributed by atoms with Gasteiger partial charge in [-0.2, -0.15) is 0 Å². The first-order valence-electron chi connectivity index (χ1n) is 4.05. The number of rotatable bonds is 4. The molecule has 1 fully saturated rings. The molecule has 1 N–H and O–H groups in total. The second-order valence-electron chi connectivity index (χ2n) is 3.21. The second-order valence-corrected chi connectivity index (χ2v) is 7.24. The van der Waals surface area contributed by atoms with E-state index in [1.165, 1.54) is 0 Å². The highest BCUT2D eigenvalue weighted by molar-refractivity contribution is 7.93. The van der Waals surface area contributed by atoms with Crippen molar-refractivity contribution in [2.24, 2.45) is 0 Å². The average molecular weight is 227 g/mol. The van der Waals surface area contributed by atoms with Crippen LogP contribution in [0, 0.1) is 0 Å². The normalized spacial score (nSPS) is 22.5. The van der Waals surface area contributed by atoms with E-state index in [4.69, 9.17) is 0 Å². The van der Waals surface area contributed by atoms with Gasteiger partial charge in [0.2, 0.25) is 10.0 Å². The Morgan fingerprint density at radius 3 is 2.31 bits per heavy atom. The molecule has 0 spiro atoms. The quantitative estimate of drug-likeness (QED) is 0.676. The van der Waals surface area contributed by atoms with Gasteiger partial charge in [-0.1, -0.05) is 6.92 Å². The van der Waals surface area contributed by atoms with Crippen LogP contribution in [0.4, 0.5) is 0 Å². The van der Waals surface area contributed by atoms with E-state index in [9.17, 15) is 16.8 Å². The first-order chi connectivity index (χ1) is 5.85. The van der Waals surface area contributed by atoms with Crippen LogP contribution >= 0.6 is 0 Å². The minimum Gasteiger partial charge on any atom is -0.229 e. The van der Waals surface area contributed by atoms with Crippen LogP contribution in [-0.4, -0.2) is 40.1 Å². The summed E-state index contributed by atoms with van der Waals surface area (Å²) in [5.41, 5.74) is 0. The number of hydrogen-bond acceptors (Lipinski definition) is 4. The Hall–Kier alpha value is -0.140. The first-order valence-corrected chi connectivity index (χ1v) is 7.52. The molecule has 13 heavy (non-hydrogen) atoms. The van der Waals surface area contributed by atoms with Gasteiger partial charge in [0.15, 0.2) is 9.84 Å². The molecule has 0 aliphatic carbocycles. The molecule has 1 aliphatic rings. The molecule has 7 heteroatoms. The molecule has 0 aromatic rings. The van der Waals surface area contributed by atoms with Crippen molar-refractivity contribution in [2.75, 3.05) is 17.3 Å². The number of sulfone groups is 1. The van der Waals surface area contributed by atoms with Gasteiger partial charge in [0.1, 0.15) is 0 Å². The third-order valence-electron chi connectivity index (χ3n) is 1.73. The zero-order valence-electron chi connectivity index (χ0n) is 7.36. The van der Waals surface area contributed by atoms with Crippen LogP contribution in [0.2, 0.25) is 0 Å². The van der Waals surface area contributed by atoms with Gasteiger partial charge < -0.3 is 0 Å². The SMILES string of the molecule is CCCS(=O)(=O)NC1CS(=O)(=O)C1. The predicted octanol–water partition coefficient (Wildman–Crippen LogP) is -0.887. The summed E-state index contributed by atoms with van der Waals surface area (Å²) in [6.45, 7) is 1.76. The third-order valence-corrected chi connectivity index (χ3v) is 5.19. The molecule has 1 saturated heterocycles. The largest absolute Gasteiger partial charge is 0.229 e. The Balaban J connectivity index is 2.44. The highest BCUT2D eigenvalue weighted by Gasteiger charge is 2.35. The summed E-state index contributed by atoms with van der Waals surface area (Å²) in [7, 11) is -6.20. The molecule has 0 aromatic heterocycles. The van der Waals surface area contributed by atoms with E-state index >= 15 is 0 Å². The summed E-state index contributed by atoms with van der Waals surface area (Å²) in [5, 5.41) is 0. The predicted molar refractivity (Wildman–Crippen MR) is 49.7 cm³/mol. The van der Waals surface area contributed by atoms with Crippen LogP contribution in [0.5, 0.6) is 0 Å². The van der Waals surface area contributed by atoms with E-state index in [2.05, 4.69) is 4.72 Å². The van der Waals surface area contributed by atoms with Crippen molar-refractivity contribution in [3.63, 3.8) is 0 Å². The third kappa shape index (κ3) is 3.24. The summed E-state index contributed by atoms with van der Waals surface area (Å²) >= 11 is 0. The van der Waals surface area contributed by atoms with Crippen LogP contribution in [0.1, 0.15) is 13.3 Å². The van der Waals surface area contributed by atoms with Crippen molar-refractivity contribution in [3.8, 4) is 0 Å². The maximum atomic E-state index is 11.1. The van der Waals surface area contributed by atoms with Gasteiger partial charge in [-0.05, 0) is 6.42 Å². The topological polar surface area (TPSA) is 80.3 Å². The van der Waals surface area contributed by atoms with Crippen molar-refractivity contribution in [1.82, 2.24) is 4.72 Å². The lowest BCUT2D eigenvalue weighted by molar-refractivity contribution is 0.536. The van der Waals surface area contributed by atoms with E-state index in [-0.39, 0.29) is 17.3 Å². The van der Waals surface area contributed by atoms with E-state index in [0.717, 1.165) is 0 Å². The second kappa shape index (κ2) is 3.55. The summed E-state index contributed by atoms with van der Waals surface area (Å²) in [4.78, 5) is 0. The molecule has 0 atom stereocenters. The fraction of sp³-hybridized carbons (Fsp3) is 1.00. The van der Waals surface area contributed by atoms with Gasteiger partial charge in [-0.3, -0.25) is 0 Å². The maximum absolute atomic E-state index is 11.1. The van der Waals surface area contributed by atoms with Crippen molar-refractivity contribution in [3.05, 3.63) is 0 Å². The standard InChI is InChI=1S/C6H13NO4S2/c1-2-3-13(10,11)7-6-4-12(8,9)5-6/h6-7H,2-5H2,1H3. The molecule has 78 valence electrons. The van der Waals surface area contributed by atoms with Crippen LogP contribution in [0.15, 0.2) is 0 Å². The van der Waals surface area contributed by atoms with Crippen LogP contribution in [-0.2, 0) is 19.9 Å². The summed E-state index contributed by atoms with van der Waals surface area (Å²) < 4.78 is 46.0. The van der Waals surface area contributed by atoms with Gasteiger partial charge in [0.05, 0.1) is 17.3 Å². The summed E-state index contributed by atoms with van der Waals surface area (Å²) in [6.07, 6.45) is 0.537. The van der Waals surface area contributed by atoms with E-state index in [1.54, 1.807) is 6.92 Å². The average Bonchev–Trinajstić information content (AvgIpc) is 1.80. The van der Waals surface area contributed by atoms with Crippen molar-refractivity contribution in [2.45, 2.75) is 19.4 Å². The smallest absolute Gasteiger partial charge is 0.211 e. The maximum Gasteiger partial charge on any atom is 0.211 e. The van der Waals surface area contributed by atoms with E-state index in [1.807, 2.05) is 0 Å². The fourth-order valence-electron chi connectivity index (χ4n) is 1.21. The van der Waals surface area contributed by atoms with Crippen molar-refractivity contribution >= 4 is 19.9 Å². The molecule has 0 unspecified atom stereocenters. The molecule has 0 bridgehead atoms. The Bertz CT molecular complexity index is 357. The summed E-state index contributed by atoms with van der Waals surface area (Å²) in [6, 6.07) is -0.401. The Morgan fingerprint density at radius 2 is 1.92 bits per heavy atom. The molecule has 0 saturated carbocycles. The lowest BCUT2D eigenvalue weighted by Crippen LogP contribution is -2.53. The van der Waals surface area contributed by atoms with Crippen LogP contribution in [0.25, 0.3) is 0 Å². The van der Waals surface area contributed by atoms with Crippen molar-refractivity contribution < 1.29 is 16.8 Å². The van der Waals surface area contributed by atoms with Gasteiger partial charge >= 0.3 is 0 Å². The number of nitrogens with one attached hydrogen (secondary N) is 1. The fourth-order valence-corrected chi connectivity index (χ4v) is 4.05. The minimum absolute atomic E-state index is 0.0591.